The first kappa shape index (κ1) is 18.6. The fourth-order valence-electron chi connectivity index (χ4n) is 3.49. The Balaban J connectivity index is 1.85. The fourth-order valence-corrected chi connectivity index (χ4v) is 3.68. The van der Waals surface area contributed by atoms with E-state index in [1.807, 2.05) is 30.3 Å². The van der Waals surface area contributed by atoms with Gasteiger partial charge < -0.3 is 0 Å². The first-order valence-electron chi connectivity index (χ1n) is 8.93. The van der Waals surface area contributed by atoms with Crippen molar-refractivity contribution in [2.24, 2.45) is 0 Å². The Hall–Kier alpha value is -2.74. The van der Waals surface area contributed by atoms with Gasteiger partial charge in [-0.15, -0.1) is 5.73 Å². The third kappa shape index (κ3) is 3.77. The van der Waals surface area contributed by atoms with Crippen LogP contribution in [0.2, 0.25) is 5.02 Å². The number of hydrogen-bond donors (Lipinski definition) is 0. The Kier molecular flexibility index (Phi) is 4.89. The van der Waals surface area contributed by atoms with E-state index < -0.39 is 11.7 Å². The van der Waals surface area contributed by atoms with Crippen molar-refractivity contribution in [1.82, 2.24) is 0 Å². The van der Waals surface area contributed by atoms with Crippen LogP contribution in [0.5, 0.6) is 0 Å². The average molecular weight is 397 g/mol. The molecule has 0 bridgehead atoms. The molecule has 140 valence electrons. The van der Waals surface area contributed by atoms with E-state index in [1.165, 1.54) is 17.7 Å². The van der Waals surface area contributed by atoms with Crippen molar-refractivity contribution in [3.05, 3.63) is 111 Å². The zero-order chi connectivity index (χ0) is 19.7. The molecule has 0 amide bonds. The monoisotopic (exact) mass is 396 g/mol. The highest BCUT2D eigenvalue weighted by Crippen LogP contribution is 2.34. The summed E-state index contributed by atoms with van der Waals surface area (Å²) in [5, 5.41) is 0.691. The Morgan fingerprint density at radius 3 is 2.25 bits per heavy atom. The number of benzene rings is 3. The van der Waals surface area contributed by atoms with E-state index in [4.69, 9.17) is 11.6 Å². The van der Waals surface area contributed by atoms with Gasteiger partial charge in [0.2, 0.25) is 0 Å². The Labute approximate surface area is 166 Å². The van der Waals surface area contributed by atoms with Crippen molar-refractivity contribution in [3.63, 3.8) is 0 Å². The van der Waals surface area contributed by atoms with E-state index >= 15 is 0 Å². The van der Waals surface area contributed by atoms with Crippen LogP contribution in [0.25, 0.3) is 11.6 Å². The number of aryl methyl sites for hydroxylation is 2. The van der Waals surface area contributed by atoms with Crippen molar-refractivity contribution >= 4 is 23.3 Å². The number of hydrogen-bond acceptors (Lipinski definition) is 0. The number of alkyl halides is 3. The van der Waals surface area contributed by atoms with Crippen molar-refractivity contribution in [2.75, 3.05) is 0 Å². The summed E-state index contributed by atoms with van der Waals surface area (Å²) in [5.74, 6) is 0. The lowest BCUT2D eigenvalue weighted by atomic mass is 9.94. The van der Waals surface area contributed by atoms with Crippen LogP contribution < -0.4 is 0 Å². The minimum Gasteiger partial charge on any atom is -0.166 e. The van der Waals surface area contributed by atoms with Gasteiger partial charge in [-0.2, -0.15) is 13.2 Å². The van der Waals surface area contributed by atoms with Crippen LogP contribution in [0.3, 0.4) is 0 Å². The van der Waals surface area contributed by atoms with Crippen LogP contribution in [-0.2, 0) is 19.0 Å². The van der Waals surface area contributed by atoms with Gasteiger partial charge in [-0.3, -0.25) is 0 Å². The average Bonchev–Trinajstić information content (AvgIpc) is 2.82. The maximum absolute atomic E-state index is 12.8. The molecule has 4 heteroatoms. The van der Waals surface area contributed by atoms with E-state index in [2.05, 4.69) is 17.9 Å². The zero-order valence-corrected chi connectivity index (χ0v) is 15.6. The third-order valence-electron chi connectivity index (χ3n) is 4.91. The molecule has 3 aromatic rings. The highest BCUT2D eigenvalue weighted by atomic mass is 35.5. The maximum atomic E-state index is 12.8. The second kappa shape index (κ2) is 7.35. The molecule has 0 aromatic heterocycles. The molecule has 1 aliphatic rings. The number of rotatable bonds is 1. The number of fused-ring (bicyclic) bond motifs is 2. The van der Waals surface area contributed by atoms with Crippen molar-refractivity contribution in [2.45, 2.75) is 19.0 Å². The number of halogens is 4. The van der Waals surface area contributed by atoms with Crippen molar-refractivity contribution in [3.8, 4) is 0 Å². The molecule has 0 nitrogen and oxygen atoms in total. The lowest BCUT2D eigenvalue weighted by Gasteiger charge is -2.10. The molecular formula is C24H16ClF3. The SMILES string of the molecule is FC(F)(F)c1ccc(C=C=C2c3ccccc3CCc3cc(Cl)ccc32)cc1. The summed E-state index contributed by atoms with van der Waals surface area (Å²) >= 11 is 6.18. The molecule has 0 aliphatic heterocycles. The van der Waals surface area contributed by atoms with E-state index in [1.54, 1.807) is 6.08 Å². The van der Waals surface area contributed by atoms with Crippen LogP contribution in [0.15, 0.2) is 72.5 Å². The maximum Gasteiger partial charge on any atom is 0.416 e. The zero-order valence-electron chi connectivity index (χ0n) is 14.9. The van der Waals surface area contributed by atoms with Gasteiger partial charge in [-0.1, -0.05) is 54.1 Å². The summed E-state index contributed by atoms with van der Waals surface area (Å²) in [6.07, 6.45) is -0.831. The fraction of sp³-hybridized carbons (Fsp3) is 0.125. The first-order valence-corrected chi connectivity index (χ1v) is 9.31. The van der Waals surface area contributed by atoms with Gasteiger partial charge in [0, 0.05) is 10.6 Å². The largest absolute Gasteiger partial charge is 0.416 e. The predicted molar refractivity (Wildman–Crippen MR) is 107 cm³/mol. The molecular weight excluding hydrogens is 381 g/mol. The molecule has 0 fully saturated rings. The van der Waals surface area contributed by atoms with Crippen LogP contribution in [-0.4, -0.2) is 0 Å². The molecule has 0 radical (unpaired) electrons. The minimum atomic E-state index is -4.33. The van der Waals surface area contributed by atoms with Crippen molar-refractivity contribution < 1.29 is 13.2 Å². The lowest BCUT2D eigenvalue weighted by molar-refractivity contribution is -0.137. The van der Waals surface area contributed by atoms with Gasteiger partial charge >= 0.3 is 6.18 Å². The smallest absolute Gasteiger partial charge is 0.166 e. The Bertz CT molecular complexity index is 1090. The molecule has 0 saturated carbocycles. The van der Waals surface area contributed by atoms with E-state index in [-0.39, 0.29) is 0 Å². The molecule has 0 atom stereocenters. The van der Waals surface area contributed by atoms with Crippen LogP contribution in [0, 0.1) is 0 Å². The lowest BCUT2D eigenvalue weighted by Crippen LogP contribution is -2.03. The van der Waals surface area contributed by atoms with Gasteiger partial charge in [-0.05, 0) is 71.0 Å². The second-order valence-corrected chi connectivity index (χ2v) is 7.18. The van der Waals surface area contributed by atoms with Crippen LogP contribution in [0.4, 0.5) is 13.2 Å². The molecule has 28 heavy (non-hydrogen) atoms. The van der Waals surface area contributed by atoms with Crippen LogP contribution in [0.1, 0.15) is 33.4 Å². The topological polar surface area (TPSA) is 0 Å². The summed E-state index contributed by atoms with van der Waals surface area (Å²) in [7, 11) is 0. The Morgan fingerprint density at radius 1 is 0.821 bits per heavy atom. The molecule has 3 aromatic carbocycles. The molecule has 4 rings (SSSR count). The molecule has 0 spiro atoms. The first-order chi connectivity index (χ1) is 13.4. The quantitative estimate of drug-likeness (QED) is 0.381. The summed E-state index contributed by atoms with van der Waals surface area (Å²) in [6.45, 7) is 0. The molecule has 0 N–H and O–H groups in total. The van der Waals surface area contributed by atoms with Gasteiger partial charge in [0.1, 0.15) is 0 Å². The molecule has 0 unspecified atom stereocenters. The molecule has 1 aliphatic carbocycles. The van der Waals surface area contributed by atoms with Gasteiger partial charge in [-0.25, -0.2) is 0 Å². The summed E-state index contributed by atoms with van der Waals surface area (Å²) < 4.78 is 38.3. The van der Waals surface area contributed by atoms with Crippen molar-refractivity contribution in [1.29, 1.82) is 0 Å². The molecule has 0 heterocycles. The highest BCUT2D eigenvalue weighted by molar-refractivity contribution is 6.30. The predicted octanol–water partition coefficient (Wildman–Crippen LogP) is 7.20. The summed E-state index contributed by atoms with van der Waals surface area (Å²) in [4.78, 5) is 0. The second-order valence-electron chi connectivity index (χ2n) is 6.74. The summed E-state index contributed by atoms with van der Waals surface area (Å²) in [5.41, 5.74) is 8.78. The van der Waals surface area contributed by atoms with Gasteiger partial charge in [0.25, 0.3) is 0 Å². The standard InChI is InChI=1S/C24H16ClF3/c25-20-12-14-22-18(15-20)9-8-17-3-1-2-4-21(17)23(22)13-7-16-5-10-19(11-6-16)24(26,27)28/h1-7,10-12,14-15H,8-9H2. The van der Waals surface area contributed by atoms with Gasteiger partial charge in [0.05, 0.1) is 5.56 Å². The highest BCUT2D eigenvalue weighted by Gasteiger charge is 2.29. The normalized spacial score (nSPS) is 13.2. The van der Waals surface area contributed by atoms with E-state index in [9.17, 15) is 13.2 Å². The van der Waals surface area contributed by atoms with E-state index in [0.29, 0.717) is 10.6 Å². The molecule has 0 saturated heterocycles. The summed E-state index contributed by atoms with van der Waals surface area (Å²) in [6, 6.07) is 19.1. The van der Waals surface area contributed by atoms with E-state index in [0.717, 1.165) is 47.2 Å². The Morgan fingerprint density at radius 2 is 1.50 bits per heavy atom. The minimum absolute atomic E-state index is 0.655. The van der Waals surface area contributed by atoms with Crippen LogP contribution >= 0.6 is 11.6 Å². The third-order valence-corrected chi connectivity index (χ3v) is 5.14. The van der Waals surface area contributed by atoms with Gasteiger partial charge in [0.15, 0.2) is 0 Å².